The molecule has 6 rings (SSSR count). The van der Waals surface area contributed by atoms with Crippen molar-refractivity contribution >= 4 is 43.4 Å². The molecular formula is C28H20N+. The van der Waals surface area contributed by atoms with E-state index in [1.165, 1.54) is 54.5 Å². The molecule has 1 heteroatoms. The lowest BCUT2D eigenvalue weighted by atomic mass is 9.92. The Morgan fingerprint density at radius 3 is 1.48 bits per heavy atom. The minimum atomic E-state index is 1.26. The molecule has 136 valence electrons. The molecule has 6 aromatic rings. The summed E-state index contributed by atoms with van der Waals surface area (Å²) in [4.78, 5) is 0. The second-order valence-corrected chi connectivity index (χ2v) is 7.67. The average molecular weight is 370 g/mol. The van der Waals surface area contributed by atoms with Crippen LogP contribution in [0.25, 0.3) is 54.5 Å². The van der Waals surface area contributed by atoms with Gasteiger partial charge in [0.2, 0.25) is 11.0 Å². The molecule has 1 aromatic heterocycles. The summed E-state index contributed by atoms with van der Waals surface area (Å²) in [5.74, 6) is 0. The van der Waals surface area contributed by atoms with E-state index in [0.717, 1.165) is 0 Å². The molecule has 0 radical (unpaired) electrons. The van der Waals surface area contributed by atoms with Crippen LogP contribution >= 0.6 is 0 Å². The summed E-state index contributed by atoms with van der Waals surface area (Å²) in [6, 6.07) is 37.2. The first kappa shape index (κ1) is 16.3. The quantitative estimate of drug-likeness (QED) is 0.170. The lowest BCUT2D eigenvalue weighted by Gasteiger charge is -2.13. The third kappa shape index (κ3) is 2.31. The minimum absolute atomic E-state index is 1.26. The molecule has 0 aliphatic heterocycles. The number of aryl methyl sites for hydroxylation is 1. The van der Waals surface area contributed by atoms with Crippen LogP contribution in [0.5, 0.6) is 0 Å². The van der Waals surface area contributed by atoms with Crippen molar-refractivity contribution in [2.75, 3.05) is 0 Å². The zero-order valence-electron chi connectivity index (χ0n) is 16.3. The number of nitrogens with zero attached hydrogens (tertiary/aromatic N) is 1. The Hall–Kier alpha value is -3.71. The number of fused-ring (bicyclic) bond motifs is 6. The fourth-order valence-corrected chi connectivity index (χ4v) is 4.81. The Morgan fingerprint density at radius 1 is 0.448 bits per heavy atom. The van der Waals surface area contributed by atoms with Gasteiger partial charge in [0.1, 0.15) is 7.05 Å². The fourth-order valence-electron chi connectivity index (χ4n) is 4.81. The van der Waals surface area contributed by atoms with Gasteiger partial charge >= 0.3 is 0 Å². The number of hydrogen-bond acceptors (Lipinski definition) is 0. The summed E-state index contributed by atoms with van der Waals surface area (Å²) < 4.78 is 2.39. The number of rotatable bonds is 1. The second-order valence-electron chi connectivity index (χ2n) is 7.67. The van der Waals surface area contributed by atoms with Crippen LogP contribution in [-0.4, -0.2) is 0 Å². The van der Waals surface area contributed by atoms with Gasteiger partial charge in [-0.1, -0.05) is 78.9 Å². The van der Waals surface area contributed by atoms with E-state index in [4.69, 9.17) is 0 Å². The molecule has 0 atom stereocenters. The van der Waals surface area contributed by atoms with E-state index in [1.807, 2.05) is 0 Å². The van der Waals surface area contributed by atoms with Gasteiger partial charge < -0.3 is 0 Å². The van der Waals surface area contributed by atoms with Crippen molar-refractivity contribution in [3.63, 3.8) is 0 Å². The number of hydrogen-bond donors (Lipinski definition) is 0. The third-order valence-corrected chi connectivity index (χ3v) is 6.07. The van der Waals surface area contributed by atoms with Crippen LogP contribution in [0, 0.1) is 0 Å². The zero-order chi connectivity index (χ0) is 19.4. The van der Waals surface area contributed by atoms with Gasteiger partial charge in [0.05, 0.1) is 21.5 Å². The predicted molar refractivity (Wildman–Crippen MR) is 123 cm³/mol. The second kappa shape index (κ2) is 6.15. The Morgan fingerprint density at radius 2 is 0.931 bits per heavy atom. The fraction of sp³-hybridized carbons (Fsp3) is 0.0357. The van der Waals surface area contributed by atoms with E-state index in [2.05, 4.69) is 115 Å². The van der Waals surface area contributed by atoms with Gasteiger partial charge in [0, 0.05) is 5.56 Å². The molecule has 0 fully saturated rings. The van der Waals surface area contributed by atoms with Crippen molar-refractivity contribution in [1.29, 1.82) is 0 Å². The average Bonchev–Trinajstić information content (AvgIpc) is 2.79. The van der Waals surface area contributed by atoms with Gasteiger partial charge in [-0.3, -0.25) is 0 Å². The van der Waals surface area contributed by atoms with E-state index >= 15 is 0 Å². The van der Waals surface area contributed by atoms with E-state index in [-0.39, 0.29) is 0 Å². The monoisotopic (exact) mass is 370 g/mol. The lowest BCUT2D eigenvalue weighted by molar-refractivity contribution is -0.616. The standard InChI is InChI=1S/C28H20N/c1-29-27-22-13-7-5-9-19(22)15-17-24(27)26(21-11-3-2-4-12-21)25-18-16-20-10-6-8-14-23(20)28(25)29/h2-18H,1H3/q+1. The molecule has 1 heterocycles. The number of aromatic nitrogens is 1. The SMILES string of the molecule is C[n+]1c2c(ccc3ccccc32)c(-c2ccccc2)c2ccc3ccccc3c21. The van der Waals surface area contributed by atoms with Gasteiger partial charge in [-0.25, -0.2) is 0 Å². The van der Waals surface area contributed by atoms with Crippen LogP contribution in [-0.2, 0) is 7.05 Å². The van der Waals surface area contributed by atoms with Crippen LogP contribution in [0.1, 0.15) is 0 Å². The van der Waals surface area contributed by atoms with Crippen LogP contribution < -0.4 is 4.57 Å². The van der Waals surface area contributed by atoms with Crippen molar-refractivity contribution in [2.24, 2.45) is 7.05 Å². The Bertz CT molecular complexity index is 1450. The van der Waals surface area contributed by atoms with Crippen LogP contribution in [0.15, 0.2) is 103 Å². The smallest absolute Gasteiger partial charge is 0.193 e. The van der Waals surface area contributed by atoms with E-state index in [1.54, 1.807) is 0 Å². The molecule has 0 bridgehead atoms. The molecular weight excluding hydrogens is 350 g/mol. The maximum atomic E-state index is 2.39. The highest BCUT2D eigenvalue weighted by atomic mass is 14.9. The first-order valence-electron chi connectivity index (χ1n) is 10.0. The molecule has 29 heavy (non-hydrogen) atoms. The molecule has 1 nitrogen and oxygen atoms in total. The van der Waals surface area contributed by atoms with E-state index < -0.39 is 0 Å². The molecule has 0 amide bonds. The summed E-state index contributed by atoms with van der Waals surface area (Å²) >= 11 is 0. The topological polar surface area (TPSA) is 3.88 Å². The van der Waals surface area contributed by atoms with E-state index in [0.29, 0.717) is 0 Å². The Kier molecular flexibility index (Phi) is 3.45. The summed E-state index contributed by atoms with van der Waals surface area (Å²) in [6.45, 7) is 0. The molecule has 0 N–H and O–H groups in total. The lowest BCUT2D eigenvalue weighted by Crippen LogP contribution is -2.31. The molecule has 0 aliphatic carbocycles. The molecule has 0 unspecified atom stereocenters. The molecule has 0 aliphatic rings. The zero-order valence-corrected chi connectivity index (χ0v) is 16.3. The maximum absolute atomic E-state index is 2.39. The first-order chi connectivity index (χ1) is 14.3. The van der Waals surface area contributed by atoms with Crippen molar-refractivity contribution in [1.82, 2.24) is 0 Å². The van der Waals surface area contributed by atoms with Crippen molar-refractivity contribution in [3.8, 4) is 11.1 Å². The number of benzene rings is 5. The van der Waals surface area contributed by atoms with Crippen LogP contribution in [0.4, 0.5) is 0 Å². The minimum Gasteiger partial charge on any atom is -0.193 e. The third-order valence-electron chi connectivity index (χ3n) is 6.07. The molecule has 0 saturated heterocycles. The van der Waals surface area contributed by atoms with Gasteiger partial charge in [-0.15, -0.1) is 0 Å². The van der Waals surface area contributed by atoms with Crippen molar-refractivity contribution in [2.45, 2.75) is 0 Å². The molecule has 5 aromatic carbocycles. The highest BCUT2D eigenvalue weighted by molar-refractivity contribution is 6.18. The highest BCUT2D eigenvalue weighted by Crippen LogP contribution is 2.38. The first-order valence-corrected chi connectivity index (χ1v) is 10.0. The van der Waals surface area contributed by atoms with E-state index in [9.17, 15) is 0 Å². The van der Waals surface area contributed by atoms with Gasteiger partial charge in [0.15, 0.2) is 0 Å². The Balaban J connectivity index is 1.97. The van der Waals surface area contributed by atoms with Crippen molar-refractivity contribution < 1.29 is 4.57 Å². The number of pyridine rings is 1. The van der Waals surface area contributed by atoms with Crippen molar-refractivity contribution in [3.05, 3.63) is 103 Å². The molecule has 0 saturated carbocycles. The van der Waals surface area contributed by atoms with Crippen LogP contribution in [0.3, 0.4) is 0 Å². The summed E-state index contributed by atoms with van der Waals surface area (Å²) in [6.07, 6.45) is 0. The summed E-state index contributed by atoms with van der Waals surface area (Å²) in [7, 11) is 2.21. The van der Waals surface area contributed by atoms with Gasteiger partial charge in [-0.05, 0) is 40.6 Å². The predicted octanol–water partition coefficient (Wildman–Crippen LogP) is 6.79. The summed E-state index contributed by atoms with van der Waals surface area (Å²) in [5.41, 5.74) is 5.13. The highest BCUT2D eigenvalue weighted by Gasteiger charge is 2.22. The van der Waals surface area contributed by atoms with Gasteiger partial charge in [-0.2, -0.15) is 4.57 Å². The molecule has 0 spiro atoms. The normalized spacial score (nSPS) is 11.6. The largest absolute Gasteiger partial charge is 0.221 e. The Labute approximate surface area is 169 Å². The summed E-state index contributed by atoms with van der Waals surface area (Å²) in [5, 5.41) is 7.71. The maximum Gasteiger partial charge on any atom is 0.221 e. The van der Waals surface area contributed by atoms with Crippen LogP contribution in [0.2, 0.25) is 0 Å². The van der Waals surface area contributed by atoms with Gasteiger partial charge in [0.25, 0.3) is 0 Å².